The standard InChI is InChI=1S/C23H29N5O/c1-14-11-16(13-23(2,3)28-14)29-20-8-6-5-7-17(20)15-9-10-18-19(12-15)26-22(24)27-21(18)25-4/h5-10,12,14,16,28H,11,13H2,1-4H3,(H3,24,25,26,27). The number of nitrogen functional groups attached to an aromatic ring is 1. The highest BCUT2D eigenvalue weighted by Gasteiger charge is 2.32. The van der Waals surface area contributed by atoms with Crippen LogP contribution in [0.25, 0.3) is 22.0 Å². The molecule has 0 saturated carbocycles. The van der Waals surface area contributed by atoms with E-state index in [4.69, 9.17) is 10.5 Å². The van der Waals surface area contributed by atoms with Crippen LogP contribution >= 0.6 is 0 Å². The molecule has 1 aliphatic heterocycles. The van der Waals surface area contributed by atoms with Crippen LogP contribution in [0.2, 0.25) is 0 Å². The lowest BCUT2D eigenvalue weighted by Gasteiger charge is -2.40. The molecule has 152 valence electrons. The number of rotatable bonds is 4. The molecule has 6 nitrogen and oxygen atoms in total. The second kappa shape index (κ2) is 7.52. The van der Waals surface area contributed by atoms with Gasteiger partial charge in [0.15, 0.2) is 0 Å². The van der Waals surface area contributed by atoms with Crippen molar-refractivity contribution in [2.75, 3.05) is 18.1 Å². The van der Waals surface area contributed by atoms with Crippen molar-refractivity contribution >= 4 is 22.7 Å². The maximum Gasteiger partial charge on any atom is 0.222 e. The lowest BCUT2D eigenvalue weighted by molar-refractivity contribution is 0.0906. The van der Waals surface area contributed by atoms with E-state index in [1.165, 1.54) is 0 Å². The van der Waals surface area contributed by atoms with Crippen molar-refractivity contribution in [2.45, 2.75) is 51.3 Å². The van der Waals surface area contributed by atoms with Gasteiger partial charge in [0.1, 0.15) is 17.7 Å². The number of piperidine rings is 1. The average molecular weight is 392 g/mol. The lowest BCUT2D eigenvalue weighted by Crippen LogP contribution is -2.53. The predicted molar refractivity (Wildman–Crippen MR) is 119 cm³/mol. The van der Waals surface area contributed by atoms with E-state index in [9.17, 15) is 0 Å². The number of nitrogens with two attached hydrogens (primary N) is 1. The monoisotopic (exact) mass is 391 g/mol. The van der Waals surface area contributed by atoms with Crippen molar-refractivity contribution < 1.29 is 4.74 Å². The number of nitrogens with one attached hydrogen (secondary N) is 2. The number of anilines is 2. The van der Waals surface area contributed by atoms with Crippen molar-refractivity contribution in [3.05, 3.63) is 42.5 Å². The first-order valence-corrected chi connectivity index (χ1v) is 10.1. The molecular weight excluding hydrogens is 362 g/mol. The van der Waals surface area contributed by atoms with Crippen LogP contribution in [0.15, 0.2) is 42.5 Å². The van der Waals surface area contributed by atoms with E-state index in [2.05, 4.69) is 53.5 Å². The maximum absolute atomic E-state index is 6.52. The van der Waals surface area contributed by atoms with Crippen LogP contribution < -0.4 is 21.1 Å². The lowest BCUT2D eigenvalue weighted by atomic mass is 9.87. The van der Waals surface area contributed by atoms with Gasteiger partial charge in [-0.25, -0.2) is 4.98 Å². The molecule has 0 bridgehead atoms. The second-order valence-corrected chi connectivity index (χ2v) is 8.52. The molecule has 0 radical (unpaired) electrons. The van der Waals surface area contributed by atoms with Gasteiger partial charge in [0, 0.05) is 36.0 Å². The Labute approximate surface area is 171 Å². The molecule has 3 aromatic rings. The summed E-state index contributed by atoms with van der Waals surface area (Å²) < 4.78 is 6.52. The average Bonchev–Trinajstić information content (AvgIpc) is 2.65. The number of aromatic nitrogens is 2. The highest BCUT2D eigenvalue weighted by Crippen LogP contribution is 2.35. The number of fused-ring (bicyclic) bond motifs is 1. The predicted octanol–water partition coefficient (Wildman–Crippen LogP) is 4.22. The topological polar surface area (TPSA) is 85.1 Å². The number of para-hydroxylation sites is 1. The summed E-state index contributed by atoms with van der Waals surface area (Å²) in [4.78, 5) is 8.69. The zero-order valence-electron chi connectivity index (χ0n) is 17.5. The Balaban J connectivity index is 1.70. The van der Waals surface area contributed by atoms with Crippen molar-refractivity contribution in [1.29, 1.82) is 0 Å². The van der Waals surface area contributed by atoms with E-state index in [0.717, 1.165) is 46.4 Å². The van der Waals surface area contributed by atoms with Crippen molar-refractivity contribution in [3.63, 3.8) is 0 Å². The Bertz CT molecular complexity index is 1030. The van der Waals surface area contributed by atoms with Gasteiger partial charge in [-0.05, 0) is 51.0 Å². The van der Waals surface area contributed by atoms with E-state index in [1.54, 1.807) is 0 Å². The highest BCUT2D eigenvalue weighted by molar-refractivity contribution is 5.93. The Morgan fingerprint density at radius 3 is 2.72 bits per heavy atom. The number of benzene rings is 2. The van der Waals surface area contributed by atoms with E-state index < -0.39 is 0 Å². The van der Waals surface area contributed by atoms with E-state index in [0.29, 0.717) is 6.04 Å². The molecular formula is C23H29N5O. The molecule has 4 N–H and O–H groups in total. The molecule has 0 spiro atoms. The summed E-state index contributed by atoms with van der Waals surface area (Å²) in [5, 5.41) is 7.67. The molecule has 1 aliphatic rings. The quantitative estimate of drug-likeness (QED) is 0.617. The van der Waals surface area contributed by atoms with Crippen molar-refractivity contribution in [3.8, 4) is 16.9 Å². The van der Waals surface area contributed by atoms with Crippen molar-refractivity contribution in [1.82, 2.24) is 15.3 Å². The summed E-state index contributed by atoms with van der Waals surface area (Å²) in [6.07, 6.45) is 2.14. The Morgan fingerprint density at radius 1 is 1.17 bits per heavy atom. The molecule has 2 unspecified atom stereocenters. The van der Waals surface area contributed by atoms with Crippen LogP contribution in [0.1, 0.15) is 33.6 Å². The Morgan fingerprint density at radius 2 is 1.97 bits per heavy atom. The summed E-state index contributed by atoms with van der Waals surface area (Å²) in [7, 11) is 1.83. The zero-order chi connectivity index (χ0) is 20.6. The first-order chi connectivity index (χ1) is 13.8. The van der Waals surface area contributed by atoms with Gasteiger partial charge < -0.3 is 21.1 Å². The summed E-state index contributed by atoms with van der Waals surface area (Å²) in [6.45, 7) is 6.69. The third kappa shape index (κ3) is 4.12. The minimum absolute atomic E-state index is 0.0677. The second-order valence-electron chi connectivity index (χ2n) is 8.52. The van der Waals surface area contributed by atoms with Crippen LogP contribution in [-0.2, 0) is 0 Å². The Hall–Kier alpha value is -2.86. The van der Waals surface area contributed by atoms with Gasteiger partial charge in [-0.3, -0.25) is 0 Å². The SMILES string of the molecule is CNc1nc(N)nc2cc(-c3ccccc3OC3CC(C)NC(C)(C)C3)ccc12. The maximum atomic E-state index is 6.52. The number of hydrogen-bond acceptors (Lipinski definition) is 6. The van der Waals surface area contributed by atoms with Gasteiger partial charge in [0.05, 0.1) is 5.52 Å². The minimum atomic E-state index is 0.0677. The van der Waals surface area contributed by atoms with Gasteiger partial charge in [-0.2, -0.15) is 4.98 Å². The highest BCUT2D eigenvalue weighted by atomic mass is 16.5. The number of hydrogen-bond donors (Lipinski definition) is 3. The van der Waals surface area contributed by atoms with Crippen LogP contribution in [-0.4, -0.2) is 34.7 Å². The third-order valence-electron chi connectivity index (χ3n) is 5.43. The number of ether oxygens (including phenoxy) is 1. The van der Waals surface area contributed by atoms with Gasteiger partial charge in [0.2, 0.25) is 5.95 Å². The molecule has 0 amide bonds. The molecule has 2 aromatic carbocycles. The summed E-state index contributed by atoms with van der Waals surface area (Å²) >= 11 is 0. The fourth-order valence-electron chi connectivity index (χ4n) is 4.41. The summed E-state index contributed by atoms with van der Waals surface area (Å²) in [5.41, 5.74) is 8.87. The van der Waals surface area contributed by atoms with Gasteiger partial charge in [-0.15, -0.1) is 0 Å². The normalized spacial score (nSPS) is 21.1. The van der Waals surface area contributed by atoms with Gasteiger partial charge >= 0.3 is 0 Å². The van der Waals surface area contributed by atoms with Crippen LogP contribution in [0.3, 0.4) is 0 Å². The Kier molecular flexibility index (Phi) is 5.04. The molecule has 0 aliphatic carbocycles. The van der Waals surface area contributed by atoms with Crippen LogP contribution in [0, 0.1) is 0 Å². The fourth-order valence-corrected chi connectivity index (χ4v) is 4.41. The summed E-state index contributed by atoms with van der Waals surface area (Å²) in [6, 6.07) is 14.8. The van der Waals surface area contributed by atoms with Crippen LogP contribution in [0.4, 0.5) is 11.8 Å². The molecule has 4 rings (SSSR count). The van der Waals surface area contributed by atoms with Crippen molar-refractivity contribution in [2.24, 2.45) is 0 Å². The van der Waals surface area contributed by atoms with E-state index in [1.807, 2.05) is 37.4 Å². The largest absolute Gasteiger partial charge is 0.490 e. The molecule has 1 fully saturated rings. The molecule has 6 heteroatoms. The first-order valence-electron chi connectivity index (χ1n) is 10.1. The zero-order valence-corrected chi connectivity index (χ0v) is 17.5. The van der Waals surface area contributed by atoms with E-state index in [-0.39, 0.29) is 17.6 Å². The molecule has 2 heterocycles. The number of nitrogens with zero attached hydrogens (tertiary/aromatic N) is 2. The molecule has 1 saturated heterocycles. The minimum Gasteiger partial charge on any atom is -0.490 e. The van der Waals surface area contributed by atoms with Gasteiger partial charge in [-0.1, -0.05) is 24.3 Å². The van der Waals surface area contributed by atoms with E-state index >= 15 is 0 Å². The smallest absolute Gasteiger partial charge is 0.222 e. The summed E-state index contributed by atoms with van der Waals surface area (Å²) in [5.74, 6) is 1.89. The van der Waals surface area contributed by atoms with Crippen LogP contribution in [0.5, 0.6) is 5.75 Å². The third-order valence-corrected chi connectivity index (χ3v) is 5.43. The van der Waals surface area contributed by atoms with Gasteiger partial charge in [0.25, 0.3) is 0 Å². The molecule has 1 aromatic heterocycles. The molecule has 29 heavy (non-hydrogen) atoms. The molecule has 2 atom stereocenters. The first kappa shape index (κ1) is 19.5. The fraction of sp³-hybridized carbons (Fsp3) is 0.391.